The molecule has 0 aliphatic carbocycles. The molecule has 0 amide bonds. The van der Waals surface area contributed by atoms with Gasteiger partial charge in [-0.3, -0.25) is 4.90 Å². The molecule has 2 nitrogen and oxygen atoms in total. The third-order valence-corrected chi connectivity index (χ3v) is 4.66. The van der Waals surface area contributed by atoms with Gasteiger partial charge in [-0.25, -0.2) is 0 Å². The average molecular weight is 254 g/mol. The van der Waals surface area contributed by atoms with Crippen LogP contribution in [0.15, 0.2) is 0 Å². The largest absolute Gasteiger partial charge is 0.311 e. The van der Waals surface area contributed by atoms with Gasteiger partial charge in [0.05, 0.1) is 0 Å². The molecule has 0 radical (unpaired) electrons. The summed E-state index contributed by atoms with van der Waals surface area (Å²) in [7, 11) is 0. The molecule has 1 N–H and O–H groups in total. The van der Waals surface area contributed by atoms with Crippen LogP contribution in [0.5, 0.6) is 0 Å². The molecule has 0 bridgehead atoms. The summed E-state index contributed by atoms with van der Waals surface area (Å²) >= 11 is 0. The highest BCUT2D eigenvalue weighted by Crippen LogP contribution is 2.18. The number of piperazine rings is 1. The van der Waals surface area contributed by atoms with Crippen molar-refractivity contribution in [3.8, 4) is 0 Å². The summed E-state index contributed by atoms with van der Waals surface area (Å²) in [6, 6.07) is 1.48. The number of unbranched alkanes of at least 4 members (excludes halogenated alkanes) is 3. The average Bonchev–Trinajstić information content (AvgIpc) is 2.42. The number of hydrogen-bond donors (Lipinski definition) is 1. The van der Waals surface area contributed by atoms with Crippen molar-refractivity contribution in [1.29, 1.82) is 0 Å². The van der Waals surface area contributed by atoms with Gasteiger partial charge in [0.25, 0.3) is 0 Å². The van der Waals surface area contributed by atoms with Crippen molar-refractivity contribution in [1.82, 2.24) is 10.2 Å². The zero-order chi connectivity index (χ0) is 13.4. The Morgan fingerprint density at radius 1 is 1.17 bits per heavy atom. The molecule has 0 saturated carbocycles. The molecule has 3 atom stereocenters. The monoisotopic (exact) mass is 254 g/mol. The summed E-state index contributed by atoms with van der Waals surface area (Å²) < 4.78 is 0. The number of nitrogens with one attached hydrogen (secondary N) is 1. The Balaban J connectivity index is 2.38. The van der Waals surface area contributed by atoms with E-state index < -0.39 is 0 Å². The first kappa shape index (κ1) is 16.0. The molecule has 3 unspecified atom stereocenters. The van der Waals surface area contributed by atoms with E-state index in [0.29, 0.717) is 6.04 Å². The SMILES string of the molecule is CCCCCCN1CC(C(C)CC)NCC1CC. The highest BCUT2D eigenvalue weighted by molar-refractivity contribution is 4.87. The van der Waals surface area contributed by atoms with Crippen LogP contribution in [0, 0.1) is 5.92 Å². The molecule has 0 spiro atoms. The second-order valence-electron chi connectivity index (χ2n) is 6.02. The Morgan fingerprint density at radius 2 is 1.94 bits per heavy atom. The molecule has 2 heteroatoms. The first-order valence-corrected chi connectivity index (χ1v) is 8.20. The van der Waals surface area contributed by atoms with Crippen LogP contribution in [0.2, 0.25) is 0 Å². The van der Waals surface area contributed by atoms with E-state index >= 15 is 0 Å². The van der Waals surface area contributed by atoms with Crippen LogP contribution in [0.4, 0.5) is 0 Å². The molecular weight excluding hydrogens is 220 g/mol. The van der Waals surface area contributed by atoms with Gasteiger partial charge in [0.1, 0.15) is 0 Å². The Kier molecular flexibility index (Phi) is 7.92. The molecule has 0 aromatic carbocycles. The predicted molar refractivity (Wildman–Crippen MR) is 81.0 cm³/mol. The van der Waals surface area contributed by atoms with E-state index in [2.05, 4.69) is 37.9 Å². The minimum absolute atomic E-state index is 0.712. The molecular formula is C16H34N2. The molecule has 1 aliphatic heterocycles. The topological polar surface area (TPSA) is 15.3 Å². The molecule has 108 valence electrons. The summed E-state index contributed by atoms with van der Waals surface area (Å²) in [6.45, 7) is 13.1. The lowest BCUT2D eigenvalue weighted by molar-refractivity contribution is 0.104. The summed E-state index contributed by atoms with van der Waals surface area (Å²) in [5, 5.41) is 3.76. The maximum absolute atomic E-state index is 3.76. The van der Waals surface area contributed by atoms with Crippen LogP contribution in [-0.2, 0) is 0 Å². The molecule has 1 rings (SSSR count). The standard InChI is InChI=1S/C16H34N2/c1-5-8-9-10-11-18-13-16(14(4)6-2)17-12-15(18)7-3/h14-17H,5-13H2,1-4H3. The smallest absolute Gasteiger partial charge is 0.0221 e. The highest BCUT2D eigenvalue weighted by Gasteiger charge is 2.28. The molecule has 0 aromatic heterocycles. The van der Waals surface area contributed by atoms with Crippen molar-refractivity contribution in [3.05, 3.63) is 0 Å². The van der Waals surface area contributed by atoms with E-state index in [0.717, 1.165) is 12.0 Å². The molecule has 0 aromatic rings. The fourth-order valence-corrected chi connectivity index (χ4v) is 2.97. The Bertz CT molecular complexity index is 205. The van der Waals surface area contributed by atoms with Crippen molar-refractivity contribution in [2.24, 2.45) is 5.92 Å². The van der Waals surface area contributed by atoms with Crippen molar-refractivity contribution >= 4 is 0 Å². The third kappa shape index (κ3) is 4.89. The molecule has 1 aliphatic rings. The summed E-state index contributed by atoms with van der Waals surface area (Å²) in [5.41, 5.74) is 0. The normalized spacial score (nSPS) is 27.3. The molecule has 1 heterocycles. The Hall–Kier alpha value is -0.0800. The fraction of sp³-hybridized carbons (Fsp3) is 1.00. The van der Waals surface area contributed by atoms with Gasteiger partial charge < -0.3 is 5.32 Å². The van der Waals surface area contributed by atoms with Crippen LogP contribution < -0.4 is 5.32 Å². The van der Waals surface area contributed by atoms with Gasteiger partial charge in [-0.1, -0.05) is 53.4 Å². The van der Waals surface area contributed by atoms with E-state index in [1.807, 2.05) is 0 Å². The van der Waals surface area contributed by atoms with Gasteiger partial charge in [-0.2, -0.15) is 0 Å². The van der Waals surface area contributed by atoms with Crippen molar-refractivity contribution in [2.45, 2.75) is 78.3 Å². The van der Waals surface area contributed by atoms with E-state index in [1.165, 1.54) is 58.2 Å². The van der Waals surface area contributed by atoms with E-state index in [4.69, 9.17) is 0 Å². The van der Waals surface area contributed by atoms with E-state index in [9.17, 15) is 0 Å². The van der Waals surface area contributed by atoms with Gasteiger partial charge >= 0.3 is 0 Å². The van der Waals surface area contributed by atoms with Crippen molar-refractivity contribution in [3.63, 3.8) is 0 Å². The Morgan fingerprint density at radius 3 is 2.56 bits per heavy atom. The lowest BCUT2D eigenvalue weighted by Crippen LogP contribution is -2.58. The number of nitrogens with zero attached hydrogens (tertiary/aromatic N) is 1. The zero-order valence-corrected chi connectivity index (χ0v) is 13.0. The van der Waals surface area contributed by atoms with Crippen LogP contribution in [0.25, 0.3) is 0 Å². The second-order valence-corrected chi connectivity index (χ2v) is 6.02. The van der Waals surface area contributed by atoms with Crippen LogP contribution in [-0.4, -0.2) is 36.6 Å². The second kappa shape index (κ2) is 8.92. The van der Waals surface area contributed by atoms with Crippen LogP contribution in [0.3, 0.4) is 0 Å². The zero-order valence-electron chi connectivity index (χ0n) is 13.0. The van der Waals surface area contributed by atoms with Gasteiger partial charge in [-0.15, -0.1) is 0 Å². The maximum atomic E-state index is 3.76. The van der Waals surface area contributed by atoms with Crippen LogP contribution in [0.1, 0.15) is 66.2 Å². The number of hydrogen-bond acceptors (Lipinski definition) is 2. The van der Waals surface area contributed by atoms with Gasteiger partial charge in [0, 0.05) is 25.2 Å². The lowest BCUT2D eigenvalue weighted by Gasteiger charge is -2.42. The number of rotatable bonds is 8. The summed E-state index contributed by atoms with van der Waals surface area (Å²) in [6.07, 6.45) is 8.11. The predicted octanol–water partition coefficient (Wildman–Crippen LogP) is 3.67. The van der Waals surface area contributed by atoms with Gasteiger partial charge in [0.2, 0.25) is 0 Å². The quantitative estimate of drug-likeness (QED) is 0.665. The van der Waals surface area contributed by atoms with E-state index in [-0.39, 0.29) is 0 Å². The van der Waals surface area contributed by atoms with Gasteiger partial charge in [0.15, 0.2) is 0 Å². The molecule has 18 heavy (non-hydrogen) atoms. The van der Waals surface area contributed by atoms with E-state index in [1.54, 1.807) is 0 Å². The molecule has 1 fully saturated rings. The minimum Gasteiger partial charge on any atom is -0.311 e. The minimum atomic E-state index is 0.712. The third-order valence-electron chi connectivity index (χ3n) is 4.66. The molecule has 1 saturated heterocycles. The summed E-state index contributed by atoms with van der Waals surface area (Å²) in [5.74, 6) is 0.806. The fourth-order valence-electron chi connectivity index (χ4n) is 2.97. The van der Waals surface area contributed by atoms with Gasteiger partial charge in [-0.05, 0) is 25.3 Å². The lowest BCUT2D eigenvalue weighted by atomic mass is 9.94. The first-order valence-electron chi connectivity index (χ1n) is 8.20. The summed E-state index contributed by atoms with van der Waals surface area (Å²) in [4.78, 5) is 2.75. The van der Waals surface area contributed by atoms with Crippen molar-refractivity contribution < 1.29 is 0 Å². The Labute approximate surface area is 115 Å². The van der Waals surface area contributed by atoms with Crippen LogP contribution >= 0.6 is 0 Å². The highest BCUT2D eigenvalue weighted by atomic mass is 15.2. The van der Waals surface area contributed by atoms with Crippen molar-refractivity contribution in [2.75, 3.05) is 19.6 Å². The first-order chi connectivity index (χ1) is 8.72. The maximum Gasteiger partial charge on any atom is 0.0221 e.